The molecule has 0 atom stereocenters. The molecule has 1 fully saturated rings. The van der Waals surface area contributed by atoms with E-state index in [1.165, 1.54) is 12.1 Å². The van der Waals surface area contributed by atoms with Crippen LogP contribution in [0.3, 0.4) is 0 Å². The molecule has 0 N–H and O–H groups in total. The van der Waals surface area contributed by atoms with E-state index < -0.39 is 5.82 Å². The van der Waals surface area contributed by atoms with Crippen LogP contribution in [0, 0.1) is 5.82 Å². The molecule has 0 saturated heterocycles. The molecule has 1 saturated carbocycles. The predicted octanol–water partition coefficient (Wildman–Crippen LogP) is 3.79. The van der Waals surface area contributed by atoms with Crippen LogP contribution >= 0.6 is 15.9 Å². The maximum absolute atomic E-state index is 13.4. The summed E-state index contributed by atoms with van der Waals surface area (Å²) in [4.78, 5) is 18.7. The minimum atomic E-state index is -0.407. The van der Waals surface area contributed by atoms with Crippen LogP contribution < -0.4 is 0 Å². The van der Waals surface area contributed by atoms with Gasteiger partial charge >= 0.3 is 0 Å². The first kappa shape index (κ1) is 14.2. The number of halogens is 2. The molecule has 0 aliphatic heterocycles. The van der Waals surface area contributed by atoms with Gasteiger partial charge in [0.25, 0.3) is 5.91 Å². The van der Waals surface area contributed by atoms with Crippen molar-refractivity contribution in [2.45, 2.75) is 25.4 Å². The second-order valence-corrected chi connectivity index (χ2v) is 5.96. The summed E-state index contributed by atoms with van der Waals surface area (Å²) >= 11 is 3.32. The lowest BCUT2D eigenvalue weighted by Crippen LogP contribution is -2.33. The Hall–Kier alpha value is -1.75. The number of benzene rings is 1. The van der Waals surface area contributed by atoms with E-state index in [1.54, 1.807) is 17.2 Å². The van der Waals surface area contributed by atoms with Gasteiger partial charge in [-0.25, -0.2) is 4.39 Å². The van der Waals surface area contributed by atoms with Crippen molar-refractivity contribution in [3.63, 3.8) is 0 Å². The Kier molecular flexibility index (Phi) is 4.01. The molecule has 0 bridgehead atoms. The van der Waals surface area contributed by atoms with Crippen LogP contribution in [0.5, 0.6) is 0 Å². The van der Waals surface area contributed by atoms with Gasteiger partial charge in [0.15, 0.2) is 0 Å². The molecule has 3 rings (SSSR count). The number of pyridine rings is 1. The largest absolute Gasteiger partial charge is 0.330 e. The molecule has 2 aromatic rings. The molecule has 1 amide bonds. The smallest absolute Gasteiger partial charge is 0.255 e. The number of carbonyl (C=O) groups is 1. The number of nitrogens with zero attached hydrogens (tertiary/aromatic N) is 2. The minimum Gasteiger partial charge on any atom is -0.330 e. The zero-order chi connectivity index (χ0) is 14.8. The number of rotatable bonds is 4. The van der Waals surface area contributed by atoms with Crippen LogP contribution in [0.2, 0.25) is 0 Å². The summed E-state index contributed by atoms with van der Waals surface area (Å²) in [6.45, 7) is 0.452. The van der Waals surface area contributed by atoms with Gasteiger partial charge in [-0.1, -0.05) is 6.07 Å². The zero-order valence-corrected chi connectivity index (χ0v) is 12.9. The van der Waals surface area contributed by atoms with Crippen molar-refractivity contribution in [1.29, 1.82) is 0 Å². The van der Waals surface area contributed by atoms with Crippen LogP contribution in [0.4, 0.5) is 4.39 Å². The van der Waals surface area contributed by atoms with Gasteiger partial charge in [-0.15, -0.1) is 0 Å². The molecule has 1 aliphatic rings. The molecule has 1 aromatic heterocycles. The summed E-state index contributed by atoms with van der Waals surface area (Å²) in [5.41, 5.74) is 1.20. The predicted molar refractivity (Wildman–Crippen MR) is 81.2 cm³/mol. The first-order chi connectivity index (χ1) is 10.1. The lowest BCUT2D eigenvalue weighted by atomic mass is 10.2. The number of amides is 1. The summed E-state index contributed by atoms with van der Waals surface area (Å²) in [7, 11) is 0. The zero-order valence-electron chi connectivity index (χ0n) is 11.3. The van der Waals surface area contributed by atoms with Gasteiger partial charge in [-0.3, -0.25) is 9.78 Å². The second-order valence-electron chi connectivity index (χ2n) is 5.11. The van der Waals surface area contributed by atoms with Crippen molar-refractivity contribution in [2.24, 2.45) is 0 Å². The lowest BCUT2D eigenvalue weighted by molar-refractivity contribution is 0.0726. The van der Waals surface area contributed by atoms with E-state index in [1.807, 2.05) is 18.2 Å². The van der Waals surface area contributed by atoms with E-state index >= 15 is 0 Å². The van der Waals surface area contributed by atoms with E-state index in [-0.39, 0.29) is 11.9 Å². The molecule has 5 heteroatoms. The molecule has 0 spiro atoms. The Morgan fingerprint density at radius 1 is 1.33 bits per heavy atom. The Labute approximate surface area is 130 Å². The number of carbonyl (C=O) groups excluding carboxylic acids is 1. The SMILES string of the molecule is O=C(c1cc(F)ccc1Br)N(Cc1ccccn1)C1CC1. The fourth-order valence-electron chi connectivity index (χ4n) is 2.24. The summed E-state index contributed by atoms with van der Waals surface area (Å²) in [5, 5.41) is 0. The monoisotopic (exact) mass is 348 g/mol. The van der Waals surface area contributed by atoms with Crippen LogP contribution in [-0.4, -0.2) is 21.8 Å². The molecular weight excluding hydrogens is 335 g/mol. The Bertz CT molecular complexity index is 659. The normalized spacial score (nSPS) is 14.0. The maximum atomic E-state index is 13.4. The van der Waals surface area contributed by atoms with Crippen LogP contribution in [0.15, 0.2) is 47.1 Å². The standard InChI is InChI=1S/C16H14BrFN2O/c17-15-7-4-11(18)9-14(15)16(21)20(13-5-6-13)10-12-3-1-2-8-19-12/h1-4,7-9,13H,5-6,10H2. The highest BCUT2D eigenvalue weighted by molar-refractivity contribution is 9.10. The van der Waals surface area contributed by atoms with Crippen LogP contribution in [0.1, 0.15) is 28.9 Å². The molecule has 108 valence electrons. The van der Waals surface area contributed by atoms with Gasteiger partial charge in [-0.2, -0.15) is 0 Å². The number of aromatic nitrogens is 1. The van der Waals surface area contributed by atoms with E-state index in [2.05, 4.69) is 20.9 Å². The summed E-state index contributed by atoms with van der Waals surface area (Å²) in [6, 6.07) is 10.0. The van der Waals surface area contributed by atoms with Crippen molar-refractivity contribution < 1.29 is 9.18 Å². The van der Waals surface area contributed by atoms with Crippen LogP contribution in [-0.2, 0) is 6.54 Å². The van der Waals surface area contributed by atoms with E-state index in [9.17, 15) is 9.18 Å². The average Bonchev–Trinajstić information content (AvgIpc) is 3.32. The van der Waals surface area contributed by atoms with Crippen molar-refractivity contribution >= 4 is 21.8 Å². The lowest BCUT2D eigenvalue weighted by Gasteiger charge is -2.22. The highest BCUT2D eigenvalue weighted by Crippen LogP contribution is 2.31. The van der Waals surface area contributed by atoms with Crippen molar-refractivity contribution in [1.82, 2.24) is 9.88 Å². The van der Waals surface area contributed by atoms with E-state index in [0.717, 1.165) is 18.5 Å². The van der Waals surface area contributed by atoms with Crippen molar-refractivity contribution in [2.75, 3.05) is 0 Å². The topological polar surface area (TPSA) is 33.2 Å². The fourth-order valence-corrected chi connectivity index (χ4v) is 2.65. The summed E-state index contributed by atoms with van der Waals surface area (Å²) < 4.78 is 14.0. The van der Waals surface area contributed by atoms with E-state index in [4.69, 9.17) is 0 Å². The Morgan fingerprint density at radius 3 is 2.81 bits per heavy atom. The third-order valence-corrected chi connectivity index (χ3v) is 4.16. The van der Waals surface area contributed by atoms with Gasteiger partial charge in [0.2, 0.25) is 0 Å². The third-order valence-electron chi connectivity index (χ3n) is 3.47. The second kappa shape index (κ2) is 5.93. The third kappa shape index (κ3) is 3.29. The quantitative estimate of drug-likeness (QED) is 0.842. The Morgan fingerprint density at radius 2 is 2.14 bits per heavy atom. The first-order valence-corrected chi connectivity index (χ1v) is 7.60. The van der Waals surface area contributed by atoms with Gasteiger partial charge in [0, 0.05) is 16.7 Å². The molecule has 1 heterocycles. The Balaban J connectivity index is 1.87. The number of hydrogen-bond donors (Lipinski definition) is 0. The van der Waals surface area contributed by atoms with Crippen LogP contribution in [0.25, 0.3) is 0 Å². The highest BCUT2D eigenvalue weighted by Gasteiger charge is 2.34. The average molecular weight is 349 g/mol. The molecule has 1 aromatic carbocycles. The van der Waals surface area contributed by atoms with E-state index in [0.29, 0.717) is 16.6 Å². The first-order valence-electron chi connectivity index (χ1n) is 6.81. The van der Waals surface area contributed by atoms with Crippen molar-refractivity contribution in [3.05, 3.63) is 64.1 Å². The van der Waals surface area contributed by atoms with Gasteiger partial charge in [0.1, 0.15) is 5.82 Å². The fraction of sp³-hybridized carbons (Fsp3) is 0.250. The van der Waals surface area contributed by atoms with Crippen molar-refractivity contribution in [3.8, 4) is 0 Å². The summed E-state index contributed by atoms with van der Waals surface area (Å²) in [6.07, 6.45) is 3.69. The molecule has 0 radical (unpaired) electrons. The molecular formula is C16H14BrFN2O. The maximum Gasteiger partial charge on any atom is 0.255 e. The van der Waals surface area contributed by atoms with Gasteiger partial charge in [-0.05, 0) is 59.1 Å². The number of hydrogen-bond acceptors (Lipinski definition) is 2. The van der Waals surface area contributed by atoms with Gasteiger partial charge in [0.05, 0.1) is 17.8 Å². The summed E-state index contributed by atoms with van der Waals surface area (Å²) in [5.74, 6) is -0.565. The molecule has 3 nitrogen and oxygen atoms in total. The molecule has 0 unspecified atom stereocenters. The molecule has 21 heavy (non-hydrogen) atoms. The van der Waals surface area contributed by atoms with Gasteiger partial charge < -0.3 is 4.90 Å². The minimum absolute atomic E-state index is 0.158. The molecule has 1 aliphatic carbocycles. The highest BCUT2D eigenvalue weighted by atomic mass is 79.9.